The average molecular weight is 379 g/mol. The zero-order valence-electron chi connectivity index (χ0n) is 14.1. The van der Waals surface area contributed by atoms with Gasteiger partial charge in [0.1, 0.15) is 19.2 Å². The summed E-state index contributed by atoms with van der Waals surface area (Å²) in [6, 6.07) is 5.55. The van der Waals surface area contributed by atoms with Gasteiger partial charge < -0.3 is 4.90 Å². The third-order valence-electron chi connectivity index (χ3n) is 3.62. The number of thiazole rings is 1. The monoisotopic (exact) mass is 378 g/mol. The van der Waals surface area contributed by atoms with E-state index in [4.69, 9.17) is 11.6 Å². The average Bonchev–Trinajstić information content (AvgIpc) is 3.19. The number of anilines is 1. The molecule has 0 aliphatic carbocycles. The van der Waals surface area contributed by atoms with Crippen LogP contribution in [0.4, 0.5) is 5.13 Å². The summed E-state index contributed by atoms with van der Waals surface area (Å²) >= 11 is 7.53. The van der Waals surface area contributed by atoms with Crippen LogP contribution in [0.15, 0.2) is 30.9 Å². The number of fused-ring (bicyclic) bond motifs is 1. The van der Waals surface area contributed by atoms with E-state index >= 15 is 0 Å². The largest absolute Gasteiger partial charge is 0.309 e. The third kappa shape index (κ3) is 4.53. The van der Waals surface area contributed by atoms with Crippen molar-refractivity contribution in [2.75, 3.05) is 32.1 Å². The first-order valence-corrected chi connectivity index (χ1v) is 9.06. The van der Waals surface area contributed by atoms with Crippen LogP contribution in [0.5, 0.6) is 0 Å². The van der Waals surface area contributed by atoms with E-state index in [1.165, 1.54) is 28.7 Å². The van der Waals surface area contributed by atoms with Gasteiger partial charge in [0.05, 0.1) is 10.2 Å². The third-order valence-corrected chi connectivity index (χ3v) is 4.90. The van der Waals surface area contributed by atoms with Crippen molar-refractivity contribution in [2.45, 2.75) is 13.0 Å². The molecule has 3 aromatic rings. The molecule has 7 nitrogen and oxygen atoms in total. The Morgan fingerprint density at radius 3 is 2.88 bits per heavy atom. The van der Waals surface area contributed by atoms with Crippen LogP contribution >= 0.6 is 22.9 Å². The highest BCUT2D eigenvalue weighted by atomic mass is 35.5. The molecule has 1 aromatic carbocycles. The summed E-state index contributed by atoms with van der Waals surface area (Å²) in [6.07, 6.45) is 3.81. The molecule has 0 unspecified atom stereocenters. The fourth-order valence-corrected chi connectivity index (χ4v) is 3.70. The van der Waals surface area contributed by atoms with Crippen molar-refractivity contribution in [3.8, 4) is 0 Å². The molecule has 1 amide bonds. The first-order valence-electron chi connectivity index (χ1n) is 7.86. The molecular weight excluding hydrogens is 360 g/mol. The number of amides is 1. The molecule has 2 aromatic heterocycles. The molecule has 0 spiro atoms. The first kappa shape index (κ1) is 17.8. The Labute approximate surface area is 154 Å². The molecule has 2 heterocycles. The van der Waals surface area contributed by atoms with Crippen molar-refractivity contribution in [1.82, 2.24) is 24.6 Å². The highest BCUT2D eigenvalue weighted by Crippen LogP contribution is 2.31. The molecule has 0 radical (unpaired) electrons. The second kappa shape index (κ2) is 7.90. The van der Waals surface area contributed by atoms with Crippen molar-refractivity contribution in [2.24, 2.45) is 0 Å². The molecule has 25 heavy (non-hydrogen) atoms. The predicted molar refractivity (Wildman–Crippen MR) is 100 cm³/mol. The number of halogens is 1. The molecule has 132 valence electrons. The lowest BCUT2D eigenvalue weighted by atomic mass is 10.3. The van der Waals surface area contributed by atoms with Crippen LogP contribution in [0.1, 0.15) is 6.42 Å². The molecule has 9 heteroatoms. The van der Waals surface area contributed by atoms with E-state index in [1.54, 1.807) is 11.0 Å². The summed E-state index contributed by atoms with van der Waals surface area (Å²) in [4.78, 5) is 25.1. The Kier molecular flexibility index (Phi) is 5.62. The van der Waals surface area contributed by atoms with Crippen LogP contribution in [0.25, 0.3) is 10.2 Å². The van der Waals surface area contributed by atoms with Crippen LogP contribution in [0, 0.1) is 0 Å². The van der Waals surface area contributed by atoms with Crippen molar-refractivity contribution in [3.63, 3.8) is 0 Å². The zero-order chi connectivity index (χ0) is 17.8. The Balaban J connectivity index is 1.84. The number of rotatable bonds is 7. The van der Waals surface area contributed by atoms with Crippen LogP contribution in [0.2, 0.25) is 5.02 Å². The van der Waals surface area contributed by atoms with Gasteiger partial charge in [0.25, 0.3) is 5.91 Å². The van der Waals surface area contributed by atoms with Gasteiger partial charge in [-0.3, -0.25) is 9.69 Å². The maximum Gasteiger partial charge on any atom is 0.250 e. The molecular formula is C16H19ClN6OS. The van der Waals surface area contributed by atoms with Gasteiger partial charge in [-0.15, -0.1) is 0 Å². The summed E-state index contributed by atoms with van der Waals surface area (Å²) in [7, 11) is 4.03. The smallest absolute Gasteiger partial charge is 0.250 e. The highest BCUT2D eigenvalue weighted by Gasteiger charge is 2.20. The Hall–Kier alpha value is -2.03. The first-order chi connectivity index (χ1) is 12.0. The molecule has 0 N–H and O–H groups in total. The van der Waals surface area contributed by atoms with E-state index in [9.17, 15) is 4.79 Å². The second-order valence-corrected chi connectivity index (χ2v) is 7.35. The summed E-state index contributed by atoms with van der Waals surface area (Å²) in [5.41, 5.74) is 0.843. The van der Waals surface area contributed by atoms with Crippen molar-refractivity contribution in [1.29, 1.82) is 0 Å². The van der Waals surface area contributed by atoms with E-state index in [-0.39, 0.29) is 12.5 Å². The van der Waals surface area contributed by atoms with Gasteiger partial charge in [-0.2, -0.15) is 5.10 Å². The lowest BCUT2D eigenvalue weighted by molar-refractivity contribution is -0.119. The van der Waals surface area contributed by atoms with Crippen LogP contribution in [0.3, 0.4) is 0 Å². The predicted octanol–water partition coefficient (Wildman–Crippen LogP) is 2.53. The number of nitrogens with zero attached hydrogens (tertiary/aromatic N) is 6. The number of aromatic nitrogens is 4. The summed E-state index contributed by atoms with van der Waals surface area (Å²) in [6.45, 7) is 1.63. The van der Waals surface area contributed by atoms with Gasteiger partial charge >= 0.3 is 0 Å². The fourth-order valence-electron chi connectivity index (χ4n) is 2.41. The molecule has 3 rings (SSSR count). The number of hydrogen-bond acceptors (Lipinski definition) is 6. The molecule has 0 saturated heterocycles. The van der Waals surface area contributed by atoms with Gasteiger partial charge in [-0.25, -0.2) is 14.6 Å². The molecule has 0 bridgehead atoms. The van der Waals surface area contributed by atoms with Gasteiger partial charge in [0.15, 0.2) is 5.13 Å². The van der Waals surface area contributed by atoms with Gasteiger partial charge in [-0.05, 0) is 45.3 Å². The normalized spacial score (nSPS) is 11.4. The van der Waals surface area contributed by atoms with Crippen LogP contribution in [-0.4, -0.2) is 57.7 Å². The Morgan fingerprint density at radius 1 is 1.32 bits per heavy atom. The Bertz CT molecular complexity index is 848. The number of carbonyl (C=O) groups is 1. The molecule has 0 aliphatic heterocycles. The van der Waals surface area contributed by atoms with E-state index in [0.29, 0.717) is 16.7 Å². The number of benzene rings is 1. The van der Waals surface area contributed by atoms with Crippen molar-refractivity contribution in [3.05, 3.63) is 35.9 Å². The summed E-state index contributed by atoms with van der Waals surface area (Å²) in [5, 5.41) is 5.35. The Morgan fingerprint density at radius 2 is 2.16 bits per heavy atom. The number of hydrogen-bond donors (Lipinski definition) is 0. The SMILES string of the molecule is CN(C)CCCN(C(=O)Cn1cncn1)c1nc2ccc(Cl)cc2s1. The minimum absolute atomic E-state index is 0.0607. The number of carbonyl (C=O) groups excluding carboxylic acids is 1. The van der Waals surface area contributed by atoms with Gasteiger partial charge in [0, 0.05) is 11.6 Å². The minimum atomic E-state index is -0.0607. The van der Waals surface area contributed by atoms with E-state index in [1.807, 2.05) is 26.2 Å². The van der Waals surface area contributed by atoms with E-state index < -0.39 is 0 Å². The van der Waals surface area contributed by atoms with Gasteiger partial charge in [-0.1, -0.05) is 22.9 Å². The highest BCUT2D eigenvalue weighted by molar-refractivity contribution is 7.22. The second-order valence-electron chi connectivity index (χ2n) is 5.90. The van der Waals surface area contributed by atoms with Crippen LogP contribution in [-0.2, 0) is 11.3 Å². The maximum absolute atomic E-state index is 12.8. The summed E-state index contributed by atoms with van der Waals surface area (Å²) < 4.78 is 2.49. The van der Waals surface area contributed by atoms with E-state index in [0.717, 1.165) is 23.2 Å². The quantitative estimate of drug-likeness (QED) is 0.632. The van der Waals surface area contributed by atoms with Crippen molar-refractivity contribution < 1.29 is 4.79 Å². The topological polar surface area (TPSA) is 67.2 Å². The fraction of sp³-hybridized carbons (Fsp3) is 0.375. The maximum atomic E-state index is 12.8. The lowest BCUT2D eigenvalue weighted by Crippen LogP contribution is -2.36. The minimum Gasteiger partial charge on any atom is -0.309 e. The van der Waals surface area contributed by atoms with Gasteiger partial charge in [0.2, 0.25) is 0 Å². The lowest BCUT2D eigenvalue weighted by Gasteiger charge is -2.20. The van der Waals surface area contributed by atoms with Crippen LogP contribution < -0.4 is 4.90 Å². The standard InChI is InChI=1S/C16H19ClN6OS/c1-21(2)6-3-7-23(15(24)9-22-11-18-10-19-22)16-20-13-5-4-12(17)8-14(13)25-16/h4-5,8,10-11H,3,6-7,9H2,1-2H3. The molecule has 0 atom stereocenters. The van der Waals surface area contributed by atoms with Crippen molar-refractivity contribution >= 4 is 44.2 Å². The zero-order valence-corrected chi connectivity index (χ0v) is 15.7. The molecule has 0 saturated carbocycles. The molecule has 0 aliphatic rings. The summed E-state index contributed by atoms with van der Waals surface area (Å²) in [5.74, 6) is -0.0607. The molecule has 0 fully saturated rings. The van der Waals surface area contributed by atoms with E-state index in [2.05, 4.69) is 20.0 Å².